The Labute approximate surface area is 233 Å². The van der Waals surface area contributed by atoms with Crippen LogP contribution in [0, 0.1) is 24.5 Å². The van der Waals surface area contributed by atoms with Crippen molar-refractivity contribution in [2.75, 3.05) is 26.7 Å². The first-order chi connectivity index (χ1) is 19.0. The van der Waals surface area contributed by atoms with Gasteiger partial charge in [-0.25, -0.2) is 22.9 Å². The summed E-state index contributed by atoms with van der Waals surface area (Å²) in [7, 11) is 1.53. The Morgan fingerprint density at radius 2 is 1.98 bits per heavy atom. The lowest BCUT2D eigenvalue weighted by atomic mass is 9.94. The van der Waals surface area contributed by atoms with Crippen LogP contribution in [-0.4, -0.2) is 65.0 Å². The number of urea groups is 1. The summed E-state index contributed by atoms with van der Waals surface area (Å²) < 4.78 is 51.6. The van der Waals surface area contributed by atoms with Gasteiger partial charge in [0.25, 0.3) is 0 Å². The lowest BCUT2D eigenvalue weighted by Gasteiger charge is -2.42. The van der Waals surface area contributed by atoms with E-state index in [-0.39, 0.29) is 24.3 Å². The van der Waals surface area contributed by atoms with Crippen molar-refractivity contribution >= 4 is 6.03 Å². The lowest BCUT2D eigenvalue weighted by molar-refractivity contribution is -0.0509. The number of benzene rings is 2. The number of rotatable bonds is 10. The fourth-order valence-electron chi connectivity index (χ4n) is 5.05. The van der Waals surface area contributed by atoms with Crippen molar-refractivity contribution < 1.29 is 22.7 Å². The number of methoxy groups -OCH3 is 1. The van der Waals surface area contributed by atoms with Gasteiger partial charge in [0.2, 0.25) is 0 Å². The second-order valence-corrected chi connectivity index (χ2v) is 10.9. The molecule has 215 valence electrons. The summed E-state index contributed by atoms with van der Waals surface area (Å²) in [5.41, 5.74) is 0.120. The normalized spacial score (nSPS) is 18.2. The maximum atomic E-state index is 14.9. The first kappa shape index (κ1) is 29.6. The number of carbonyl (C=O) groups is 1. The van der Waals surface area contributed by atoms with E-state index in [1.165, 1.54) is 12.0 Å². The molecule has 1 aromatic heterocycles. The molecule has 10 heteroatoms. The number of amides is 2. The van der Waals surface area contributed by atoms with Gasteiger partial charge in [-0.1, -0.05) is 30.3 Å². The van der Waals surface area contributed by atoms with E-state index in [0.29, 0.717) is 18.9 Å². The van der Waals surface area contributed by atoms with Gasteiger partial charge in [-0.05, 0) is 51.5 Å². The van der Waals surface area contributed by atoms with Crippen molar-refractivity contribution in [2.45, 2.75) is 51.2 Å². The third kappa shape index (κ3) is 6.67. The smallest absolute Gasteiger partial charge is 0.318 e. The molecule has 4 atom stereocenters. The summed E-state index contributed by atoms with van der Waals surface area (Å²) in [5, 5.41) is 5.88. The highest BCUT2D eigenvalue weighted by Gasteiger charge is 2.44. The van der Waals surface area contributed by atoms with Crippen LogP contribution >= 0.6 is 0 Å². The van der Waals surface area contributed by atoms with Gasteiger partial charge in [0.05, 0.1) is 11.3 Å². The van der Waals surface area contributed by atoms with Gasteiger partial charge in [0.1, 0.15) is 29.7 Å². The molecule has 1 saturated heterocycles. The van der Waals surface area contributed by atoms with Crippen molar-refractivity contribution in [3.8, 4) is 11.3 Å². The molecule has 7 nitrogen and oxygen atoms in total. The average Bonchev–Trinajstić information content (AvgIpc) is 3.50. The van der Waals surface area contributed by atoms with Crippen LogP contribution in [0.2, 0.25) is 0 Å². The maximum absolute atomic E-state index is 14.9. The topological polar surface area (TPSA) is 71.4 Å². The van der Waals surface area contributed by atoms with Crippen LogP contribution in [0.5, 0.6) is 0 Å². The quantitative estimate of drug-likeness (QED) is 0.363. The Bertz CT molecular complexity index is 1300. The number of carbonyl (C=O) groups excluding carboxylic acids is 1. The molecule has 2 heterocycles. The van der Waals surface area contributed by atoms with Crippen molar-refractivity contribution in [3.05, 3.63) is 84.7 Å². The van der Waals surface area contributed by atoms with E-state index in [1.807, 2.05) is 48.7 Å². The highest BCUT2D eigenvalue weighted by molar-refractivity contribution is 5.75. The number of ether oxygens (including phenoxy) is 1. The first-order valence-electron chi connectivity index (χ1n) is 13.4. The molecule has 0 unspecified atom stereocenters. The Morgan fingerprint density at radius 3 is 2.60 bits per heavy atom. The molecule has 2 N–H and O–H groups in total. The molecule has 2 amide bonds. The molecule has 40 heavy (non-hydrogen) atoms. The predicted molar refractivity (Wildman–Crippen MR) is 148 cm³/mol. The van der Waals surface area contributed by atoms with Gasteiger partial charge in [0.15, 0.2) is 0 Å². The van der Waals surface area contributed by atoms with E-state index in [4.69, 9.17) is 9.72 Å². The summed E-state index contributed by atoms with van der Waals surface area (Å²) in [6.45, 7) is 10.3. The summed E-state index contributed by atoms with van der Waals surface area (Å²) in [6.07, 6.45) is 0.508. The third-order valence-corrected chi connectivity index (χ3v) is 7.27. The largest absolute Gasteiger partial charge is 0.376 e. The molecule has 3 aromatic rings. The second-order valence-electron chi connectivity index (χ2n) is 10.9. The van der Waals surface area contributed by atoms with E-state index in [9.17, 15) is 18.0 Å². The Hall–Kier alpha value is -3.37. The number of nitrogens with zero attached hydrogens (tertiary/aromatic N) is 3. The zero-order valence-electron chi connectivity index (χ0n) is 23.3. The van der Waals surface area contributed by atoms with Crippen LogP contribution in [0.25, 0.3) is 11.3 Å². The van der Waals surface area contributed by atoms with Gasteiger partial charge < -0.3 is 24.8 Å². The summed E-state index contributed by atoms with van der Waals surface area (Å²) >= 11 is 0. The van der Waals surface area contributed by atoms with Crippen LogP contribution in [0.1, 0.15) is 38.2 Å². The lowest BCUT2D eigenvalue weighted by Crippen LogP contribution is -2.54. The van der Waals surface area contributed by atoms with Crippen LogP contribution in [0.4, 0.5) is 18.0 Å². The standard InChI is InChI=1S/C30H37F3N5O2/c1-19(2)35-29(39)38(17-21-14-34-15-25(21)33)27(30(3,4)40-5)28-36-26(23-13-22(31)11-12-24(23)32)18-37(28)16-20-9-7-6-8-10-20/h6-13,18-19,21,25,27,34H,1,14-17H2,2-5H3,(H,35,39)/t19-,21-,25-,27-/m0/s1. The fourth-order valence-corrected chi connectivity index (χ4v) is 5.05. The van der Waals surface area contributed by atoms with Gasteiger partial charge >= 0.3 is 6.03 Å². The van der Waals surface area contributed by atoms with Gasteiger partial charge in [-0.15, -0.1) is 0 Å². The highest BCUT2D eigenvalue weighted by atomic mass is 19.1. The minimum absolute atomic E-state index is 0.00627. The summed E-state index contributed by atoms with van der Waals surface area (Å²) in [4.78, 5) is 20.0. The number of hydrogen-bond acceptors (Lipinski definition) is 4. The SMILES string of the molecule is [CH2][C@@H](C)NC(=O)N(C[C@@H]1CNC[C@@H]1F)[C@@H](c1nc(-c2cc(F)ccc2F)cn1Cc1ccccc1)C(C)(C)OC. The van der Waals surface area contributed by atoms with Crippen molar-refractivity contribution in [1.82, 2.24) is 25.1 Å². The highest BCUT2D eigenvalue weighted by Crippen LogP contribution is 2.37. The molecule has 2 aromatic carbocycles. The summed E-state index contributed by atoms with van der Waals surface area (Å²) in [6, 6.07) is 11.1. The van der Waals surface area contributed by atoms with E-state index in [0.717, 1.165) is 23.8 Å². The molecule has 4 rings (SSSR count). The number of aromatic nitrogens is 2. The zero-order valence-corrected chi connectivity index (χ0v) is 23.3. The number of nitrogens with one attached hydrogen (secondary N) is 2. The Balaban J connectivity index is 1.90. The Morgan fingerprint density at radius 1 is 1.25 bits per heavy atom. The Kier molecular flexibility index (Phi) is 9.20. The number of imidazole rings is 1. The van der Waals surface area contributed by atoms with Gasteiger partial charge in [-0.3, -0.25) is 0 Å². The summed E-state index contributed by atoms with van der Waals surface area (Å²) in [5.74, 6) is -1.29. The zero-order chi connectivity index (χ0) is 29.0. The molecule has 1 radical (unpaired) electrons. The van der Waals surface area contributed by atoms with Crippen molar-refractivity contribution in [1.29, 1.82) is 0 Å². The molecule has 0 spiro atoms. The minimum atomic E-state index is -1.14. The molecule has 1 fully saturated rings. The molecule has 1 aliphatic heterocycles. The number of hydrogen-bond donors (Lipinski definition) is 2. The van der Waals surface area contributed by atoms with Crippen LogP contribution in [-0.2, 0) is 11.3 Å². The van der Waals surface area contributed by atoms with E-state index >= 15 is 0 Å². The minimum Gasteiger partial charge on any atom is -0.376 e. The predicted octanol–water partition coefficient (Wildman–Crippen LogP) is 5.13. The van der Waals surface area contributed by atoms with Crippen molar-refractivity contribution in [2.24, 2.45) is 5.92 Å². The van der Waals surface area contributed by atoms with E-state index < -0.39 is 47.4 Å². The van der Waals surface area contributed by atoms with Crippen molar-refractivity contribution in [3.63, 3.8) is 0 Å². The van der Waals surface area contributed by atoms with Gasteiger partial charge in [0, 0.05) is 57.0 Å². The fraction of sp³-hybridized carbons (Fsp3) is 0.433. The average molecular weight is 557 g/mol. The monoisotopic (exact) mass is 556 g/mol. The number of halogens is 3. The van der Waals surface area contributed by atoms with E-state index in [1.54, 1.807) is 13.1 Å². The van der Waals surface area contributed by atoms with E-state index in [2.05, 4.69) is 17.6 Å². The molecule has 0 aliphatic carbocycles. The molecule has 0 saturated carbocycles. The molecular weight excluding hydrogens is 519 g/mol. The van der Waals surface area contributed by atoms with Crippen LogP contribution in [0.15, 0.2) is 54.7 Å². The molecule has 0 bridgehead atoms. The maximum Gasteiger partial charge on any atom is 0.318 e. The van der Waals surface area contributed by atoms with Crippen LogP contribution in [0.3, 0.4) is 0 Å². The number of alkyl halides is 1. The third-order valence-electron chi connectivity index (χ3n) is 7.27. The molecule has 1 aliphatic rings. The van der Waals surface area contributed by atoms with Crippen LogP contribution < -0.4 is 10.6 Å². The second kappa shape index (κ2) is 12.4. The van der Waals surface area contributed by atoms with Gasteiger partial charge in [-0.2, -0.15) is 0 Å². The molecular formula is C30H37F3N5O2. The first-order valence-corrected chi connectivity index (χ1v) is 13.4.